The summed E-state index contributed by atoms with van der Waals surface area (Å²) in [5.41, 5.74) is 0.175. The number of hydrogen-bond donors (Lipinski definition) is 2. The molecule has 0 fully saturated rings. The highest BCUT2D eigenvalue weighted by Gasteiger charge is 2.32. The van der Waals surface area contributed by atoms with Crippen LogP contribution in [0.3, 0.4) is 0 Å². The summed E-state index contributed by atoms with van der Waals surface area (Å²) in [5, 5.41) is 6.02. The molecule has 1 amide bonds. The minimum absolute atomic E-state index is 0.0314. The molecule has 6 heteroatoms. The van der Waals surface area contributed by atoms with Crippen molar-refractivity contribution in [3.8, 4) is 0 Å². The van der Waals surface area contributed by atoms with E-state index >= 15 is 0 Å². The van der Waals surface area contributed by atoms with Crippen molar-refractivity contribution in [3.63, 3.8) is 0 Å². The Balaban J connectivity index is 3.09. The van der Waals surface area contributed by atoms with Crippen LogP contribution in [0.25, 0.3) is 0 Å². The van der Waals surface area contributed by atoms with Crippen LogP contribution in [0.1, 0.15) is 46.4 Å². The van der Waals surface area contributed by atoms with E-state index < -0.39 is 18.1 Å². The lowest BCUT2D eigenvalue weighted by molar-refractivity contribution is -0.144. The number of nitrogens with zero attached hydrogens (tertiary/aromatic N) is 1. The Labute approximate surface area is 138 Å². The molecule has 0 spiro atoms. The van der Waals surface area contributed by atoms with Crippen LogP contribution in [0.4, 0.5) is 0 Å². The second-order valence-electron chi connectivity index (χ2n) is 6.84. The maximum Gasteiger partial charge on any atom is 0.323 e. The molecule has 0 saturated carbocycles. The Kier molecular flexibility index (Phi) is 6.69. The maximum absolute atomic E-state index is 12.7. The lowest BCUT2D eigenvalue weighted by Crippen LogP contribution is -2.51. The predicted octanol–water partition coefficient (Wildman–Crippen LogP) is 1.82. The molecule has 0 saturated heterocycles. The minimum Gasteiger partial charge on any atom is -0.468 e. The summed E-state index contributed by atoms with van der Waals surface area (Å²) < 4.78 is 4.84. The molecule has 0 aromatic carbocycles. The van der Waals surface area contributed by atoms with Crippen LogP contribution in [-0.4, -0.2) is 35.6 Å². The van der Waals surface area contributed by atoms with Crippen molar-refractivity contribution in [2.45, 2.75) is 52.2 Å². The smallest absolute Gasteiger partial charge is 0.323 e. The second-order valence-corrected chi connectivity index (χ2v) is 6.84. The molecule has 23 heavy (non-hydrogen) atoms. The number of amides is 1. The zero-order chi connectivity index (χ0) is 17.6. The largest absolute Gasteiger partial charge is 0.468 e. The molecule has 0 aliphatic heterocycles. The van der Waals surface area contributed by atoms with E-state index in [9.17, 15) is 9.59 Å². The maximum atomic E-state index is 12.7. The van der Waals surface area contributed by atoms with Gasteiger partial charge in [0.2, 0.25) is 5.91 Å². The van der Waals surface area contributed by atoms with Gasteiger partial charge < -0.3 is 10.1 Å². The molecule has 1 unspecified atom stereocenters. The van der Waals surface area contributed by atoms with Crippen molar-refractivity contribution < 1.29 is 14.3 Å². The quantitative estimate of drug-likeness (QED) is 0.781. The first-order chi connectivity index (χ1) is 10.7. The highest BCUT2D eigenvalue weighted by atomic mass is 16.5. The van der Waals surface area contributed by atoms with E-state index in [1.165, 1.54) is 7.11 Å². The van der Waals surface area contributed by atoms with Crippen LogP contribution >= 0.6 is 0 Å². The molecule has 128 valence electrons. The van der Waals surface area contributed by atoms with Crippen molar-refractivity contribution in [1.82, 2.24) is 15.6 Å². The molecule has 0 radical (unpaired) electrons. The Morgan fingerprint density at radius 1 is 1.22 bits per heavy atom. The van der Waals surface area contributed by atoms with E-state index in [1.54, 1.807) is 18.3 Å². The summed E-state index contributed by atoms with van der Waals surface area (Å²) in [6.07, 6.45) is 1.62. The summed E-state index contributed by atoms with van der Waals surface area (Å²) in [4.78, 5) is 28.9. The number of carbonyl (C=O) groups excluding carboxylic acids is 2. The topological polar surface area (TPSA) is 80.3 Å². The van der Waals surface area contributed by atoms with Gasteiger partial charge in [0.1, 0.15) is 12.1 Å². The Morgan fingerprint density at radius 3 is 2.30 bits per heavy atom. The molecule has 0 bridgehead atoms. The third kappa shape index (κ3) is 5.98. The number of aromatic nitrogens is 1. The van der Waals surface area contributed by atoms with Gasteiger partial charge in [0.15, 0.2) is 0 Å². The summed E-state index contributed by atoms with van der Waals surface area (Å²) in [7, 11) is 1.34. The molecule has 0 aliphatic carbocycles. The number of esters is 1. The van der Waals surface area contributed by atoms with Gasteiger partial charge in [0.25, 0.3) is 0 Å². The Hall–Kier alpha value is -1.95. The van der Waals surface area contributed by atoms with Gasteiger partial charge in [0, 0.05) is 11.7 Å². The van der Waals surface area contributed by atoms with Gasteiger partial charge in [-0.25, -0.2) is 0 Å². The number of rotatable bonds is 6. The Morgan fingerprint density at radius 2 is 1.87 bits per heavy atom. The molecular formula is C17H27N3O3. The number of carbonyl (C=O) groups is 2. The SMILES string of the molecule is COC(=O)C(N[C@H](C(=O)NC(C)(C)C)c1ccccn1)C(C)C. The van der Waals surface area contributed by atoms with Gasteiger partial charge in [-0.2, -0.15) is 0 Å². The fourth-order valence-electron chi connectivity index (χ4n) is 2.12. The van der Waals surface area contributed by atoms with Gasteiger partial charge >= 0.3 is 5.97 Å². The molecule has 1 heterocycles. The highest BCUT2D eigenvalue weighted by Crippen LogP contribution is 2.16. The van der Waals surface area contributed by atoms with E-state index in [-0.39, 0.29) is 17.4 Å². The van der Waals surface area contributed by atoms with E-state index in [0.29, 0.717) is 5.69 Å². The van der Waals surface area contributed by atoms with Crippen molar-refractivity contribution >= 4 is 11.9 Å². The van der Waals surface area contributed by atoms with Crippen LogP contribution in [0.5, 0.6) is 0 Å². The molecule has 0 aliphatic rings. The lowest BCUT2D eigenvalue weighted by atomic mass is 10.0. The fourth-order valence-corrected chi connectivity index (χ4v) is 2.12. The number of pyridine rings is 1. The molecule has 1 aromatic heterocycles. The molecule has 2 atom stereocenters. The summed E-state index contributed by atoms with van der Waals surface area (Å²) in [6, 6.07) is 4.01. The van der Waals surface area contributed by atoms with Crippen LogP contribution < -0.4 is 10.6 Å². The number of methoxy groups -OCH3 is 1. The standard InChI is InChI=1S/C17H27N3O3/c1-11(2)13(16(22)23-6)19-14(12-9-7-8-10-18-12)15(21)20-17(3,4)5/h7-11,13-14,19H,1-6H3,(H,20,21)/t13?,14-/m0/s1. The minimum atomic E-state index is -0.734. The molecule has 2 N–H and O–H groups in total. The zero-order valence-electron chi connectivity index (χ0n) is 14.7. The second kappa shape index (κ2) is 8.06. The fraction of sp³-hybridized carbons (Fsp3) is 0.588. The van der Waals surface area contributed by atoms with Gasteiger partial charge in [-0.3, -0.25) is 19.9 Å². The average Bonchev–Trinajstić information content (AvgIpc) is 2.46. The normalized spacial score (nSPS) is 14.2. The van der Waals surface area contributed by atoms with Gasteiger partial charge in [0.05, 0.1) is 12.8 Å². The zero-order valence-corrected chi connectivity index (χ0v) is 14.7. The summed E-state index contributed by atoms with van der Waals surface area (Å²) in [6.45, 7) is 9.50. The van der Waals surface area contributed by atoms with Crippen molar-refractivity contribution in [2.75, 3.05) is 7.11 Å². The highest BCUT2D eigenvalue weighted by molar-refractivity contribution is 5.84. The van der Waals surface area contributed by atoms with Crippen LogP contribution in [-0.2, 0) is 14.3 Å². The number of hydrogen-bond acceptors (Lipinski definition) is 5. The van der Waals surface area contributed by atoms with Gasteiger partial charge in [-0.05, 0) is 38.8 Å². The summed E-state index contributed by atoms with van der Waals surface area (Å²) >= 11 is 0. The van der Waals surface area contributed by atoms with E-state index in [0.717, 1.165) is 0 Å². The van der Waals surface area contributed by atoms with Crippen molar-refractivity contribution in [3.05, 3.63) is 30.1 Å². The third-order valence-electron chi connectivity index (χ3n) is 3.21. The molecule has 6 nitrogen and oxygen atoms in total. The van der Waals surface area contributed by atoms with Crippen molar-refractivity contribution in [2.24, 2.45) is 5.92 Å². The van der Waals surface area contributed by atoms with Gasteiger partial charge in [-0.15, -0.1) is 0 Å². The van der Waals surface area contributed by atoms with E-state index in [1.807, 2.05) is 40.7 Å². The first-order valence-electron chi connectivity index (χ1n) is 7.72. The summed E-state index contributed by atoms with van der Waals surface area (Å²) in [5.74, 6) is -0.661. The molecule has 1 rings (SSSR count). The number of ether oxygens (including phenoxy) is 1. The molecular weight excluding hydrogens is 294 g/mol. The lowest BCUT2D eigenvalue weighted by Gasteiger charge is -2.29. The van der Waals surface area contributed by atoms with E-state index in [4.69, 9.17) is 4.74 Å². The van der Waals surface area contributed by atoms with E-state index in [2.05, 4.69) is 15.6 Å². The first kappa shape index (κ1) is 19.1. The van der Waals surface area contributed by atoms with Crippen LogP contribution in [0, 0.1) is 5.92 Å². The Bertz CT molecular complexity index is 524. The van der Waals surface area contributed by atoms with Crippen LogP contribution in [0.15, 0.2) is 24.4 Å². The van der Waals surface area contributed by atoms with Crippen LogP contribution in [0.2, 0.25) is 0 Å². The predicted molar refractivity (Wildman–Crippen MR) is 88.7 cm³/mol. The monoisotopic (exact) mass is 321 g/mol. The van der Waals surface area contributed by atoms with Crippen molar-refractivity contribution in [1.29, 1.82) is 0 Å². The molecule has 1 aromatic rings. The number of nitrogens with one attached hydrogen (secondary N) is 2. The average molecular weight is 321 g/mol. The first-order valence-corrected chi connectivity index (χ1v) is 7.72. The third-order valence-corrected chi connectivity index (χ3v) is 3.21. The van der Waals surface area contributed by atoms with Gasteiger partial charge in [-0.1, -0.05) is 19.9 Å².